The molecule has 0 aromatic rings. The van der Waals surface area contributed by atoms with E-state index in [1.54, 1.807) is 0 Å². The molecule has 0 aromatic carbocycles. The summed E-state index contributed by atoms with van der Waals surface area (Å²) in [4.78, 5) is 15.0. The second-order valence-electron chi connectivity index (χ2n) is 6.20. The van der Waals surface area contributed by atoms with Crippen molar-refractivity contribution >= 4 is 5.91 Å². The number of carbonyl (C=O) groups excluding carboxylic acids is 1. The molecule has 1 heterocycles. The van der Waals surface area contributed by atoms with Gasteiger partial charge in [-0.15, -0.1) is 0 Å². The van der Waals surface area contributed by atoms with Crippen LogP contribution in [0.25, 0.3) is 0 Å². The van der Waals surface area contributed by atoms with Crippen molar-refractivity contribution in [3.05, 3.63) is 0 Å². The molecule has 1 aliphatic heterocycles. The van der Waals surface area contributed by atoms with Gasteiger partial charge in [0, 0.05) is 6.04 Å². The number of carbonyl (C=O) groups is 1. The lowest BCUT2D eigenvalue weighted by Crippen LogP contribution is -2.46. The zero-order chi connectivity index (χ0) is 13.3. The van der Waals surface area contributed by atoms with Crippen LogP contribution < -0.4 is 5.32 Å². The van der Waals surface area contributed by atoms with Crippen LogP contribution in [0.15, 0.2) is 0 Å². The van der Waals surface area contributed by atoms with Gasteiger partial charge in [0.1, 0.15) is 0 Å². The van der Waals surface area contributed by atoms with Crippen LogP contribution in [0.5, 0.6) is 0 Å². The molecule has 2 rings (SSSR count). The van der Waals surface area contributed by atoms with Crippen molar-refractivity contribution in [1.82, 2.24) is 10.2 Å². The molecule has 0 bridgehead atoms. The minimum absolute atomic E-state index is 0.206. The molecule has 1 aliphatic carbocycles. The Labute approximate surface area is 111 Å². The standard InChI is InChI=1S/C15H28N2O/c1-5-11(3)12(4)17-13(6-2)16-15(14(17)18)9-7-8-10-15/h11-13,16H,5-10H2,1-4H3. The topological polar surface area (TPSA) is 32.3 Å². The number of hydrogen-bond donors (Lipinski definition) is 1. The summed E-state index contributed by atoms with van der Waals surface area (Å²) in [6.45, 7) is 8.85. The Bertz CT molecular complexity index is 310. The highest BCUT2D eigenvalue weighted by Gasteiger charge is 2.53. The van der Waals surface area contributed by atoms with Crippen molar-refractivity contribution in [2.24, 2.45) is 5.92 Å². The van der Waals surface area contributed by atoms with E-state index in [2.05, 4.69) is 37.9 Å². The highest BCUT2D eigenvalue weighted by Crippen LogP contribution is 2.38. The summed E-state index contributed by atoms with van der Waals surface area (Å²) in [6, 6.07) is 0.347. The third-order valence-electron chi connectivity index (χ3n) is 5.17. The van der Waals surface area contributed by atoms with Crippen molar-refractivity contribution in [2.75, 3.05) is 0 Å². The zero-order valence-corrected chi connectivity index (χ0v) is 12.3. The lowest BCUT2D eigenvalue weighted by molar-refractivity contribution is -0.136. The van der Waals surface area contributed by atoms with Crippen LogP contribution in [0.1, 0.15) is 66.2 Å². The molecule has 3 unspecified atom stereocenters. The minimum atomic E-state index is -0.206. The molecule has 104 valence electrons. The minimum Gasteiger partial charge on any atom is -0.323 e. The van der Waals surface area contributed by atoms with Crippen molar-refractivity contribution in [2.45, 2.75) is 84.0 Å². The lowest BCUT2D eigenvalue weighted by atomic mass is 9.95. The summed E-state index contributed by atoms with van der Waals surface area (Å²) in [5.74, 6) is 0.945. The molecule has 3 atom stereocenters. The molecule has 2 aliphatic rings. The van der Waals surface area contributed by atoms with E-state index in [4.69, 9.17) is 0 Å². The Morgan fingerprint density at radius 2 is 1.94 bits per heavy atom. The molecule has 0 radical (unpaired) electrons. The first-order valence-electron chi connectivity index (χ1n) is 7.66. The second kappa shape index (κ2) is 5.20. The molecule has 3 heteroatoms. The summed E-state index contributed by atoms with van der Waals surface area (Å²) in [5, 5.41) is 3.65. The van der Waals surface area contributed by atoms with Gasteiger partial charge in [0.2, 0.25) is 5.91 Å². The predicted molar refractivity (Wildman–Crippen MR) is 74.2 cm³/mol. The molecule has 1 saturated carbocycles. The van der Waals surface area contributed by atoms with Crippen molar-refractivity contribution in [1.29, 1.82) is 0 Å². The molecule has 1 N–H and O–H groups in total. The van der Waals surface area contributed by atoms with Crippen LogP contribution in [0.4, 0.5) is 0 Å². The van der Waals surface area contributed by atoms with Gasteiger partial charge in [0.05, 0.1) is 11.7 Å². The Morgan fingerprint density at radius 1 is 1.33 bits per heavy atom. The highest BCUT2D eigenvalue weighted by molar-refractivity contribution is 5.89. The summed E-state index contributed by atoms with van der Waals surface area (Å²) in [5.41, 5.74) is -0.206. The van der Waals surface area contributed by atoms with Crippen LogP contribution in [0.3, 0.4) is 0 Å². The fraction of sp³-hybridized carbons (Fsp3) is 0.933. The largest absolute Gasteiger partial charge is 0.323 e. The van der Waals surface area contributed by atoms with Crippen molar-refractivity contribution < 1.29 is 4.79 Å². The number of nitrogens with one attached hydrogen (secondary N) is 1. The maximum absolute atomic E-state index is 12.8. The number of rotatable bonds is 4. The third-order valence-corrected chi connectivity index (χ3v) is 5.17. The maximum Gasteiger partial charge on any atom is 0.244 e. The number of nitrogens with zero attached hydrogens (tertiary/aromatic N) is 1. The van der Waals surface area contributed by atoms with E-state index >= 15 is 0 Å². The Hall–Kier alpha value is -0.570. The second-order valence-corrected chi connectivity index (χ2v) is 6.20. The van der Waals surface area contributed by atoms with Gasteiger partial charge in [-0.1, -0.05) is 40.0 Å². The molecule has 0 aromatic heterocycles. The molecule has 2 fully saturated rings. The Morgan fingerprint density at radius 3 is 2.44 bits per heavy atom. The van der Waals surface area contributed by atoms with E-state index in [0.29, 0.717) is 17.9 Å². The molecule has 18 heavy (non-hydrogen) atoms. The van der Waals surface area contributed by atoms with E-state index in [0.717, 1.165) is 25.7 Å². The molecule has 1 saturated heterocycles. The van der Waals surface area contributed by atoms with Gasteiger partial charge in [-0.05, 0) is 32.1 Å². The summed E-state index contributed by atoms with van der Waals surface area (Å²) >= 11 is 0. The maximum atomic E-state index is 12.8. The van der Waals surface area contributed by atoms with Gasteiger partial charge in [0.25, 0.3) is 0 Å². The smallest absolute Gasteiger partial charge is 0.244 e. The van der Waals surface area contributed by atoms with Crippen LogP contribution in [0.2, 0.25) is 0 Å². The Balaban J connectivity index is 2.20. The fourth-order valence-electron chi connectivity index (χ4n) is 3.56. The zero-order valence-electron chi connectivity index (χ0n) is 12.3. The first kappa shape index (κ1) is 13.9. The third kappa shape index (κ3) is 2.07. The van der Waals surface area contributed by atoms with Crippen LogP contribution in [-0.4, -0.2) is 28.6 Å². The van der Waals surface area contributed by atoms with Crippen LogP contribution in [-0.2, 0) is 4.79 Å². The average molecular weight is 252 g/mol. The molecule has 1 spiro atoms. The van der Waals surface area contributed by atoms with E-state index in [9.17, 15) is 4.79 Å². The normalized spacial score (nSPS) is 30.1. The van der Waals surface area contributed by atoms with Gasteiger partial charge in [-0.3, -0.25) is 10.1 Å². The van der Waals surface area contributed by atoms with E-state index in [-0.39, 0.29) is 11.7 Å². The number of amides is 1. The fourth-order valence-corrected chi connectivity index (χ4v) is 3.56. The molecule has 1 amide bonds. The van der Waals surface area contributed by atoms with Crippen LogP contribution >= 0.6 is 0 Å². The van der Waals surface area contributed by atoms with E-state index < -0.39 is 0 Å². The lowest BCUT2D eigenvalue weighted by Gasteiger charge is -2.33. The van der Waals surface area contributed by atoms with Gasteiger partial charge in [0.15, 0.2) is 0 Å². The average Bonchev–Trinajstić information content (AvgIpc) is 2.95. The molecular weight excluding hydrogens is 224 g/mol. The summed E-state index contributed by atoms with van der Waals surface area (Å²) in [7, 11) is 0. The van der Waals surface area contributed by atoms with Crippen molar-refractivity contribution in [3.63, 3.8) is 0 Å². The quantitative estimate of drug-likeness (QED) is 0.834. The van der Waals surface area contributed by atoms with Crippen LogP contribution in [0, 0.1) is 5.92 Å². The first-order chi connectivity index (χ1) is 8.55. The van der Waals surface area contributed by atoms with Gasteiger partial charge in [-0.2, -0.15) is 0 Å². The van der Waals surface area contributed by atoms with Crippen molar-refractivity contribution in [3.8, 4) is 0 Å². The number of hydrogen-bond acceptors (Lipinski definition) is 2. The van der Waals surface area contributed by atoms with Gasteiger partial charge in [-0.25, -0.2) is 0 Å². The highest BCUT2D eigenvalue weighted by atomic mass is 16.2. The van der Waals surface area contributed by atoms with Gasteiger partial charge < -0.3 is 4.90 Å². The van der Waals surface area contributed by atoms with E-state index in [1.165, 1.54) is 12.8 Å². The van der Waals surface area contributed by atoms with E-state index in [1.807, 2.05) is 0 Å². The summed E-state index contributed by atoms with van der Waals surface area (Å²) in [6.07, 6.45) is 6.85. The SMILES string of the molecule is CCC(C)C(C)N1C(=O)C2(CCCC2)NC1CC. The molecule has 3 nitrogen and oxygen atoms in total. The van der Waals surface area contributed by atoms with Gasteiger partial charge >= 0.3 is 0 Å². The first-order valence-corrected chi connectivity index (χ1v) is 7.66. The molecular formula is C15H28N2O. The Kier molecular flexibility index (Phi) is 4.00. The summed E-state index contributed by atoms with van der Waals surface area (Å²) < 4.78 is 0. The predicted octanol–water partition coefficient (Wildman–Crippen LogP) is 2.90. The monoisotopic (exact) mass is 252 g/mol.